The average molecular weight is 315 g/mol. The van der Waals surface area contributed by atoms with Crippen molar-refractivity contribution in [3.8, 4) is 0 Å². The zero-order valence-corrected chi connectivity index (χ0v) is 13.6. The number of aryl methyl sites for hydroxylation is 1. The summed E-state index contributed by atoms with van der Waals surface area (Å²) in [5.74, 6) is 0.441. The number of aliphatic hydroxyl groups is 1. The summed E-state index contributed by atoms with van der Waals surface area (Å²) in [6.45, 7) is 4.04. The summed E-state index contributed by atoms with van der Waals surface area (Å²) < 4.78 is 0. The molecule has 0 unspecified atom stereocenters. The second-order valence-electron chi connectivity index (χ2n) is 6.60. The minimum absolute atomic E-state index is 0.0834. The van der Waals surface area contributed by atoms with Crippen LogP contribution in [0.3, 0.4) is 0 Å². The van der Waals surface area contributed by atoms with Crippen LogP contribution in [0.2, 0.25) is 0 Å². The lowest BCUT2D eigenvalue weighted by atomic mass is 9.94. The Balaban J connectivity index is 1.50. The summed E-state index contributed by atoms with van der Waals surface area (Å²) in [5, 5.41) is 12.3. The molecule has 2 heterocycles. The number of aliphatic hydroxyl groups excluding tert-OH is 1. The Hall–Kier alpha value is -1.88. The van der Waals surface area contributed by atoms with Gasteiger partial charge in [0.15, 0.2) is 0 Å². The molecule has 23 heavy (non-hydrogen) atoms. The highest BCUT2D eigenvalue weighted by Crippen LogP contribution is 2.26. The minimum Gasteiger partial charge on any atom is -0.396 e. The van der Waals surface area contributed by atoms with Crippen molar-refractivity contribution in [1.29, 1.82) is 0 Å². The van der Waals surface area contributed by atoms with Gasteiger partial charge in [0, 0.05) is 55.7 Å². The van der Waals surface area contributed by atoms with Gasteiger partial charge in [0.2, 0.25) is 5.91 Å². The first-order valence-corrected chi connectivity index (χ1v) is 8.42. The Kier molecular flexibility index (Phi) is 4.96. The maximum absolute atomic E-state index is 12.4. The maximum Gasteiger partial charge on any atom is 0.223 e. The molecule has 1 saturated heterocycles. The van der Waals surface area contributed by atoms with Gasteiger partial charge in [0.05, 0.1) is 0 Å². The number of pyridine rings is 1. The van der Waals surface area contributed by atoms with Gasteiger partial charge in [-0.2, -0.15) is 0 Å². The number of carbonyl (C=O) groups is 1. The van der Waals surface area contributed by atoms with Gasteiger partial charge >= 0.3 is 0 Å². The van der Waals surface area contributed by atoms with Gasteiger partial charge in [-0.1, -0.05) is 12.2 Å². The van der Waals surface area contributed by atoms with E-state index >= 15 is 0 Å². The third-order valence-electron chi connectivity index (χ3n) is 4.93. The van der Waals surface area contributed by atoms with Gasteiger partial charge in [-0.15, -0.1) is 0 Å². The lowest BCUT2D eigenvalue weighted by Crippen LogP contribution is -2.43. The fraction of sp³-hybridized carbons (Fsp3) is 0.556. The van der Waals surface area contributed by atoms with E-state index in [2.05, 4.69) is 22.1 Å². The molecule has 0 bridgehead atoms. The molecule has 0 spiro atoms. The predicted octanol–water partition coefficient (Wildman–Crippen LogP) is 1.66. The molecule has 1 aromatic rings. The van der Waals surface area contributed by atoms with Crippen LogP contribution in [0.15, 0.2) is 30.6 Å². The Labute approximate surface area is 137 Å². The molecule has 1 fully saturated rings. The molecule has 0 saturated carbocycles. The molecule has 1 aliphatic heterocycles. The number of piperidine rings is 1. The van der Waals surface area contributed by atoms with E-state index in [-0.39, 0.29) is 30.4 Å². The predicted molar refractivity (Wildman–Crippen MR) is 90.2 cm³/mol. The van der Waals surface area contributed by atoms with Crippen molar-refractivity contribution >= 4 is 11.6 Å². The summed E-state index contributed by atoms with van der Waals surface area (Å²) in [7, 11) is 0. The Morgan fingerprint density at radius 3 is 2.83 bits per heavy atom. The number of anilines is 1. The number of amides is 1. The summed E-state index contributed by atoms with van der Waals surface area (Å²) in [5.41, 5.74) is 2.41. The molecule has 2 N–H and O–H groups in total. The van der Waals surface area contributed by atoms with E-state index in [4.69, 9.17) is 5.11 Å². The molecule has 0 aromatic carbocycles. The van der Waals surface area contributed by atoms with Crippen LogP contribution in [0, 0.1) is 18.8 Å². The molecule has 1 aromatic heterocycles. The van der Waals surface area contributed by atoms with E-state index in [1.165, 1.54) is 11.3 Å². The number of hydrogen-bond acceptors (Lipinski definition) is 4. The molecule has 2 atom stereocenters. The molecule has 3 rings (SSSR count). The Morgan fingerprint density at radius 1 is 1.39 bits per heavy atom. The number of hydrogen-bond donors (Lipinski definition) is 2. The zero-order valence-electron chi connectivity index (χ0n) is 13.6. The smallest absolute Gasteiger partial charge is 0.223 e. The lowest BCUT2D eigenvalue weighted by molar-refractivity contribution is -0.126. The summed E-state index contributed by atoms with van der Waals surface area (Å²) in [6, 6.07) is 2.13. The van der Waals surface area contributed by atoms with Gasteiger partial charge < -0.3 is 15.3 Å². The van der Waals surface area contributed by atoms with Crippen molar-refractivity contribution in [2.24, 2.45) is 11.8 Å². The van der Waals surface area contributed by atoms with Crippen molar-refractivity contribution in [1.82, 2.24) is 10.3 Å². The van der Waals surface area contributed by atoms with Crippen molar-refractivity contribution in [2.45, 2.75) is 32.2 Å². The van der Waals surface area contributed by atoms with Crippen LogP contribution in [0.5, 0.6) is 0 Å². The normalized spacial score (nSPS) is 24.9. The van der Waals surface area contributed by atoms with Crippen molar-refractivity contribution in [3.05, 3.63) is 36.2 Å². The number of rotatable bonds is 4. The third-order valence-corrected chi connectivity index (χ3v) is 4.93. The van der Waals surface area contributed by atoms with E-state index in [0.29, 0.717) is 0 Å². The molecule has 0 radical (unpaired) electrons. The quantitative estimate of drug-likeness (QED) is 0.830. The largest absolute Gasteiger partial charge is 0.396 e. The van der Waals surface area contributed by atoms with Crippen molar-refractivity contribution < 1.29 is 9.90 Å². The number of nitrogens with zero attached hydrogens (tertiary/aromatic N) is 2. The second-order valence-corrected chi connectivity index (χ2v) is 6.60. The van der Waals surface area contributed by atoms with Gasteiger partial charge in [-0.3, -0.25) is 9.78 Å². The van der Waals surface area contributed by atoms with Crippen LogP contribution >= 0.6 is 0 Å². The first kappa shape index (κ1) is 16.0. The van der Waals surface area contributed by atoms with Crippen LogP contribution in [0.4, 0.5) is 5.69 Å². The van der Waals surface area contributed by atoms with Gasteiger partial charge in [-0.05, 0) is 37.8 Å². The third kappa shape index (κ3) is 3.72. The molecular formula is C18H25N3O2. The topological polar surface area (TPSA) is 65.5 Å². The first-order chi connectivity index (χ1) is 11.2. The second kappa shape index (κ2) is 7.13. The fourth-order valence-electron chi connectivity index (χ4n) is 3.52. The summed E-state index contributed by atoms with van der Waals surface area (Å²) >= 11 is 0. The van der Waals surface area contributed by atoms with Crippen LogP contribution in [-0.4, -0.2) is 41.7 Å². The molecule has 5 nitrogen and oxygen atoms in total. The van der Waals surface area contributed by atoms with E-state index in [1.807, 2.05) is 30.6 Å². The van der Waals surface area contributed by atoms with E-state index in [0.717, 1.165) is 32.4 Å². The molecule has 5 heteroatoms. The van der Waals surface area contributed by atoms with Gasteiger partial charge in [-0.25, -0.2) is 0 Å². The molecular weight excluding hydrogens is 290 g/mol. The first-order valence-electron chi connectivity index (χ1n) is 8.42. The van der Waals surface area contributed by atoms with Crippen LogP contribution in [-0.2, 0) is 4.79 Å². The number of nitrogens with one attached hydrogen (secondary N) is 1. The van der Waals surface area contributed by atoms with E-state index in [9.17, 15) is 4.79 Å². The zero-order chi connectivity index (χ0) is 16.2. The minimum atomic E-state index is 0.0834. The fourth-order valence-corrected chi connectivity index (χ4v) is 3.52. The van der Waals surface area contributed by atoms with E-state index in [1.54, 1.807) is 0 Å². The van der Waals surface area contributed by atoms with Crippen LogP contribution in [0.1, 0.15) is 24.8 Å². The molecule has 1 amide bonds. The molecule has 2 aliphatic rings. The lowest BCUT2D eigenvalue weighted by Gasteiger charge is -2.34. The SMILES string of the molecule is Cc1cnccc1N1CCC(C(=O)N[C@@H]2C=C[C@H](CO)C2)CC1. The average Bonchev–Trinajstić information content (AvgIpc) is 3.03. The van der Waals surface area contributed by atoms with Crippen molar-refractivity contribution in [2.75, 3.05) is 24.6 Å². The van der Waals surface area contributed by atoms with Crippen molar-refractivity contribution in [3.63, 3.8) is 0 Å². The Bertz CT molecular complexity index is 579. The van der Waals surface area contributed by atoms with Crippen LogP contribution < -0.4 is 10.2 Å². The highest BCUT2D eigenvalue weighted by Gasteiger charge is 2.28. The van der Waals surface area contributed by atoms with Gasteiger partial charge in [0.1, 0.15) is 0 Å². The Morgan fingerprint density at radius 2 is 2.17 bits per heavy atom. The summed E-state index contributed by atoms with van der Waals surface area (Å²) in [4.78, 5) is 18.9. The summed E-state index contributed by atoms with van der Waals surface area (Å²) in [6.07, 6.45) is 10.3. The van der Waals surface area contributed by atoms with E-state index < -0.39 is 0 Å². The highest BCUT2D eigenvalue weighted by molar-refractivity contribution is 5.79. The van der Waals surface area contributed by atoms with Gasteiger partial charge in [0.25, 0.3) is 0 Å². The maximum atomic E-state index is 12.4. The number of aromatic nitrogens is 1. The standard InChI is InChI=1S/C18H25N3O2/c1-13-11-19-7-4-17(13)21-8-5-15(6-9-21)18(23)20-16-3-2-14(10-16)12-22/h2-4,7,11,14-16,22H,5-6,8-10,12H2,1H3,(H,20,23)/t14-,16+/m0/s1. The van der Waals surface area contributed by atoms with Crippen LogP contribution in [0.25, 0.3) is 0 Å². The number of carbonyl (C=O) groups excluding carboxylic acids is 1. The molecule has 1 aliphatic carbocycles. The molecule has 124 valence electrons. The monoisotopic (exact) mass is 315 g/mol. The highest BCUT2D eigenvalue weighted by atomic mass is 16.3.